The summed E-state index contributed by atoms with van der Waals surface area (Å²) >= 11 is 3.07. The summed E-state index contributed by atoms with van der Waals surface area (Å²) in [5.41, 5.74) is 5.59. The van der Waals surface area contributed by atoms with Crippen LogP contribution in [-0.4, -0.2) is 11.4 Å². The minimum atomic E-state index is -2.54. The third-order valence-corrected chi connectivity index (χ3v) is 1.84. The van der Waals surface area contributed by atoms with Crippen molar-refractivity contribution in [1.82, 2.24) is 4.98 Å². The molecule has 0 saturated carbocycles. The summed E-state index contributed by atoms with van der Waals surface area (Å²) in [6, 6.07) is 1.72. The molecule has 0 unspecified atom stereocenters. The zero-order chi connectivity index (χ0) is 9.14. The fourth-order valence-corrected chi connectivity index (χ4v) is 1.15. The molecule has 0 aliphatic rings. The molecule has 0 fully saturated rings. The first kappa shape index (κ1) is 12.7. The van der Waals surface area contributed by atoms with Crippen LogP contribution in [0.2, 0.25) is 0 Å². The Balaban J connectivity index is 0.00000144. The van der Waals surface area contributed by atoms with Gasteiger partial charge in [-0.1, -0.05) is 0 Å². The van der Waals surface area contributed by atoms with Crippen LogP contribution in [0.3, 0.4) is 0 Å². The molecular weight excluding hydrogens is 265 g/mol. The van der Waals surface area contributed by atoms with E-state index in [4.69, 9.17) is 5.73 Å². The standard InChI is InChI=1S/C7H7BrF2N2.ClH/c8-5-3-4(1-2-12-5)6(11)7(9)10;/h1-3,6-7H,11H2;1H/t6-;/m0./s1. The van der Waals surface area contributed by atoms with Gasteiger partial charge in [-0.25, -0.2) is 13.8 Å². The Bertz CT molecular complexity index is 272. The Labute approximate surface area is 89.1 Å². The summed E-state index contributed by atoms with van der Waals surface area (Å²) in [4.78, 5) is 3.80. The highest BCUT2D eigenvalue weighted by atomic mass is 79.9. The normalized spacial score (nSPS) is 12.4. The molecule has 0 aliphatic heterocycles. The van der Waals surface area contributed by atoms with E-state index in [2.05, 4.69) is 20.9 Å². The van der Waals surface area contributed by atoms with E-state index in [1.807, 2.05) is 0 Å². The molecule has 0 amide bonds. The molecule has 74 valence electrons. The number of pyridine rings is 1. The summed E-state index contributed by atoms with van der Waals surface area (Å²) in [7, 11) is 0. The van der Waals surface area contributed by atoms with Gasteiger partial charge in [-0.05, 0) is 33.6 Å². The van der Waals surface area contributed by atoms with Crippen molar-refractivity contribution in [3.05, 3.63) is 28.5 Å². The van der Waals surface area contributed by atoms with Gasteiger partial charge in [0.05, 0.1) is 6.04 Å². The Hall–Kier alpha value is -0.260. The maximum atomic E-state index is 12.1. The van der Waals surface area contributed by atoms with E-state index in [0.717, 1.165) is 0 Å². The molecule has 2 nitrogen and oxygen atoms in total. The van der Waals surface area contributed by atoms with Crippen LogP contribution in [0.1, 0.15) is 11.6 Å². The molecule has 1 rings (SSSR count). The summed E-state index contributed by atoms with van der Waals surface area (Å²) in [5.74, 6) is 0. The lowest BCUT2D eigenvalue weighted by Crippen LogP contribution is -2.18. The first-order valence-corrected chi connectivity index (χ1v) is 4.05. The number of rotatable bonds is 2. The van der Waals surface area contributed by atoms with Gasteiger partial charge < -0.3 is 5.73 Å². The van der Waals surface area contributed by atoms with E-state index in [0.29, 0.717) is 10.2 Å². The van der Waals surface area contributed by atoms with Crippen molar-refractivity contribution in [2.24, 2.45) is 5.73 Å². The Morgan fingerprint density at radius 3 is 2.54 bits per heavy atom. The van der Waals surface area contributed by atoms with E-state index < -0.39 is 12.5 Å². The smallest absolute Gasteiger partial charge is 0.257 e. The maximum Gasteiger partial charge on any atom is 0.257 e. The van der Waals surface area contributed by atoms with E-state index >= 15 is 0 Å². The van der Waals surface area contributed by atoms with Crippen molar-refractivity contribution in [3.63, 3.8) is 0 Å². The predicted molar refractivity (Wildman–Crippen MR) is 52.1 cm³/mol. The number of halogens is 4. The van der Waals surface area contributed by atoms with Crippen LogP contribution in [0.15, 0.2) is 22.9 Å². The molecule has 1 heterocycles. The lowest BCUT2D eigenvalue weighted by molar-refractivity contribution is 0.116. The first-order valence-electron chi connectivity index (χ1n) is 3.26. The average molecular weight is 274 g/mol. The quantitative estimate of drug-likeness (QED) is 0.841. The molecule has 0 aliphatic carbocycles. The first-order chi connectivity index (χ1) is 5.61. The number of hydrogen-bond donors (Lipinski definition) is 1. The summed E-state index contributed by atoms with van der Waals surface area (Å²) in [6.45, 7) is 0. The molecule has 1 aromatic rings. The van der Waals surface area contributed by atoms with Crippen LogP contribution in [-0.2, 0) is 0 Å². The summed E-state index contributed by atoms with van der Waals surface area (Å²) < 4.78 is 24.7. The minimum absolute atomic E-state index is 0. The second-order valence-electron chi connectivity index (χ2n) is 2.27. The fraction of sp³-hybridized carbons (Fsp3) is 0.286. The number of nitrogens with two attached hydrogens (primary N) is 1. The number of nitrogens with zero attached hydrogens (tertiary/aromatic N) is 1. The number of alkyl halides is 2. The third kappa shape index (κ3) is 3.54. The van der Waals surface area contributed by atoms with Gasteiger partial charge in [0.15, 0.2) is 0 Å². The maximum absolute atomic E-state index is 12.1. The van der Waals surface area contributed by atoms with E-state index in [1.165, 1.54) is 18.3 Å². The van der Waals surface area contributed by atoms with Gasteiger partial charge in [-0.2, -0.15) is 0 Å². The number of hydrogen-bond acceptors (Lipinski definition) is 2. The van der Waals surface area contributed by atoms with E-state index in [-0.39, 0.29) is 12.4 Å². The third-order valence-electron chi connectivity index (χ3n) is 1.41. The van der Waals surface area contributed by atoms with Crippen molar-refractivity contribution in [2.45, 2.75) is 12.5 Å². The second kappa shape index (κ2) is 5.47. The molecule has 2 N–H and O–H groups in total. The molecule has 13 heavy (non-hydrogen) atoms. The number of aromatic nitrogens is 1. The Morgan fingerprint density at radius 2 is 2.08 bits per heavy atom. The molecular formula is C7H8BrClF2N2. The summed E-state index contributed by atoms with van der Waals surface area (Å²) in [5, 5.41) is 0. The highest BCUT2D eigenvalue weighted by Crippen LogP contribution is 2.19. The van der Waals surface area contributed by atoms with E-state index in [9.17, 15) is 8.78 Å². The predicted octanol–water partition coefficient (Wildman–Crippen LogP) is 2.53. The molecule has 1 atom stereocenters. The van der Waals surface area contributed by atoms with Crippen LogP contribution >= 0.6 is 28.3 Å². The topological polar surface area (TPSA) is 38.9 Å². The van der Waals surface area contributed by atoms with Crippen LogP contribution < -0.4 is 5.73 Å². The fourth-order valence-electron chi connectivity index (χ4n) is 0.770. The molecule has 0 radical (unpaired) electrons. The van der Waals surface area contributed by atoms with Crippen LogP contribution in [0.5, 0.6) is 0 Å². The van der Waals surface area contributed by atoms with Crippen molar-refractivity contribution in [2.75, 3.05) is 0 Å². The highest BCUT2D eigenvalue weighted by Gasteiger charge is 2.17. The average Bonchev–Trinajstić information content (AvgIpc) is 2.03. The minimum Gasteiger partial charge on any atom is -0.319 e. The van der Waals surface area contributed by atoms with Crippen LogP contribution in [0.4, 0.5) is 8.78 Å². The van der Waals surface area contributed by atoms with Gasteiger partial charge in [0.1, 0.15) is 4.60 Å². The van der Waals surface area contributed by atoms with Crippen molar-refractivity contribution in [3.8, 4) is 0 Å². The van der Waals surface area contributed by atoms with Crippen molar-refractivity contribution < 1.29 is 8.78 Å². The summed E-state index contributed by atoms with van der Waals surface area (Å²) in [6.07, 6.45) is -1.11. The van der Waals surface area contributed by atoms with E-state index in [1.54, 1.807) is 0 Å². The highest BCUT2D eigenvalue weighted by molar-refractivity contribution is 9.10. The zero-order valence-electron chi connectivity index (χ0n) is 6.45. The lowest BCUT2D eigenvalue weighted by Gasteiger charge is -2.09. The van der Waals surface area contributed by atoms with Gasteiger partial charge in [0.25, 0.3) is 6.43 Å². The van der Waals surface area contributed by atoms with Gasteiger partial charge in [0, 0.05) is 6.20 Å². The zero-order valence-corrected chi connectivity index (χ0v) is 8.86. The second-order valence-corrected chi connectivity index (χ2v) is 3.08. The SMILES string of the molecule is Cl.N[C@@H](c1ccnc(Br)c1)C(F)F. The Morgan fingerprint density at radius 1 is 1.46 bits per heavy atom. The van der Waals surface area contributed by atoms with Gasteiger partial charge in [0.2, 0.25) is 0 Å². The van der Waals surface area contributed by atoms with Crippen molar-refractivity contribution >= 4 is 28.3 Å². The molecule has 0 saturated heterocycles. The molecule has 0 aromatic carbocycles. The van der Waals surface area contributed by atoms with Crippen LogP contribution in [0.25, 0.3) is 0 Å². The molecule has 0 bridgehead atoms. The van der Waals surface area contributed by atoms with Crippen LogP contribution in [0, 0.1) is 0 Å². The van der Waals surface area contributed by atoms with Crippen molar-refractivity contribution in [1.29, 1.82) is 0 Å². The largest absolute Gasteiger partial charge is 0.319 e. The molecule has 0 spiro atoms. The van der Waals surface area contributed by atoms with Gasteiger partial charge >= 0.3 is 0 Å². The monoisotopic (exact) mass is 272 g/mol. The Kier molecular flexibility index (Phi) is 5.36. The lowest BCUT2D eigenvalue weighted by atomic mass is 10.1. The molecule has 6 heteroatoms. The van der Waals surface area contributed by atoms with Gasteiger partial charge in [-0.15, -0.1) is 12.4 Å². The van der Waals surface area contributed by atoms with Gasteiger partial charge in [-0.3, -0.25) is 0 Å². The molecule has 1 aromatic heterocycles.